The molecule has 0 spiro atoms. The van der Waals surface area contributed by atoms with Gasteiger partial charge in [-0.3, -0.25) is 0 Å². The molecular weight excluding hydrogens is 187 g/mol. The molecule has 4 N–H and O–H groups in total. The van der Waals surface area contributed by atoms with Crippen LogP contribution in [0.5, 0.6) is 17.2 Å². The number of aromatic carboxylic acids is 1. The molecule has 5 nitrogen and oxygen atoms in total. The molecule has 0 fully saturated rings. The van der Waals surface area contributed by atoms with Crippen molar-refractivity contribution in [2.45, 2.75) is 0 Å². The van der Waals surface area contributed by atoms with Crippen molar-refractivity contribution in [3.8, 4) is 17.2 Å². The summed E-state index contributed by atoms with van der Waals surface area (Å²) in [7, 11) is 0. The molecule has 0 saturated heterocycles. The van der Waals surface area contributed by atoms with Crippen LogP contribution in [0, 0.1) is 0 Å². The Morgan fingerprint density at radius 1 is 1.08 bits per heavy atom. The van der Waals surface area contributed by atoms with E-state index in [0.717, 1.165) is 12.1 Å². The number of carboxylic acids is 1. The first-order valence-electron chi connectivity index (χ1n) is 3.00. The number of benzene rings is 1. The number of carboxylic acid groups (broad SMARTS) is 1. The van der Waals surface area contributed by atoms with Crippen LogP contribution < -0.4 is 0 Å². The minimum absolute atomic E-state index is 0. The third-order valence-electron chi connectivity index (χ3n) is 1.32. The van der Waals surface area contributed by atoms with Crippen LogP contribution in [0.1, 0.15) is 10.4 Å². The summed E-state index contributed by atoms with van der Waals surface area (Å²) in [5.41, 5.74) is -0.289. The maximum atomic E-state index is 10.3. The van der Waals surface area contributed by atoms with Crippen LogP contribution in [0.2, 0.25) is 0 Å². The van der Waals surface area contributed by atoms with Crippen molar-refractivity contribution in [2.24, 2.45) is 0 Å². The van der Waals surface area contributed by atoms with Gasteiger partial charge in [-0.15, -0.1) is 0 Å². The number of rotatable bonds is 1. The zero-order valence-electron chi connectivity index (χ0n) is 6.85. The van der Waals surface area contributed by atoms with Gasteiger partial charge in [0.15, 0.2) is 17.2 Å². The average Bonchev–Trinajstić information content (AvgIpc) is 1.99. The zero-order chi connectivity index (χ0) is 9.30. The smallest absolute Gasteiger partial charge is 0.335 e. The van der Waals surface area contributed by atoms with Crippen molar-refractivity contribution < 1.29 is 25.2 Å². The van der Waals surface area contributed by atoms with Gasteiger partial charge >= 0.3 is 5.97 Å². The van der Waals surface area contributed by atoms with Crippen LogP contribution in [0.3, 0.4) is 0 Å². The molecule has 0 aliphatic rings. The van der Waals surface area contributed by atoms with E-state index in [0.29, 0.717) is 0 Å². The number of hydrogen-bond donors (Lipinski definition) is 4. The number of hydrogen-bond acceptors (Lipinski definition) is 4. The molecule has 13 heavy (non-hydrogen) atoms. The van der Waals surface area contributed by atoms with Crippen molar-refractivity contribution in [3.63, 3.8) is 0 Å². The molecule has 65 valence electrons. The van der Waals surface area contributed by atoms with Crippen molar-refractivity contribution in [3.05, 3.63) is 17.7 Å². The SMILES string of the molecule is O=C(O)c1cc(O)c(O)c(O)c1.[Na]. The van der Waals surface area contributed by atoms with Gasteiger partial charge in [0.25, 0.3) is 0 Å². The Morgan fingerprint density at radius 3 is 1.77 bits per heavy atom. The molecule has 0 saturated carbocycles. The fourth-order valence-electron chi connectivity index (χ4n) is 0.728. The topological polar surface area (TPSA) is 98.0 Å². The third-order valence-corrected chi connectivity index (χ3v) is 1.32. The summed E-state index contributed by atoms with van der Waals surface area (Å²) < 4.78 is 0. The Balaban J connectivity index is 0.00000144. The summed E-state index contributed by atoms with van der Waals surface area (Å²) in [4.78, 5) is 10.3. The van der Waals surface area contributed by atoms with Gasteiger partial charge in [0.1, 0.15) is 0 Å². The van der Waals surface area contributed by atoms with Crippen molar-refractivity contribution >= 4 is 35.5 Å². The fraction of sp³-hybridized carbons (Fsp3) is 0. The first kappa shape index (κ1) is 12.1. The molecule has 0 aliphatic heterocycles. The van der Waals surface area contributed by atoms with E-state index in [9.17, 15) is 4.79 Å². The quantitative estimate of drug-likeness (QED) is 0.375. The summed E-state index contributed by atoms with van der Waals surface area (Å²) in [6.45, 7) is 0. The minimum Gasteiger partial charge on any atom is -0.504 e. The number of phenols is 3. The van der Waals surface area contributed by atoms with Gasteiger partial charge in [-0.1, -0.05) is 0 Å². The molecule has 0 amide bonds. The summed E-state index contributed by atoms with van der Waals surface area (Å²) in [6, 6.07) is 1.69. The Kier molecular flexibility index (Phi) is 4.06. The van der Waals surface area contributed by atoms with Crippen molar-refractivity contribution in [2.75, 3.05) is 0 Å². The van der Waals surface area contributed by atoms with Crippen LogP contribution >= 0.6 is 0 Å². The van der Waals surface area contributed by atoms with Crippen LogP contribution in [0.4, 0.5) is 0 Å². The molecule has 1 aromatic carbocycles. The van der Waals surface area contributed by atoms with Gasteiger partial charge in [0, 0.05) is 29.6 Å². The minimum atomic E-state index is -1.29. The maximum Gasteiger partial charge on any atom is 0.335 e. The second kappa shape index (κ2) is 4.36. The molecule has 0 aromatic heterocycles. The molecular formula is C7H6NaO5. The maximum absolute atomic E-state index is 10.3. The van der Waals surface area contributed by atoms with E-state index in [-0.39, 0.29) is 35.1 Å². The summed E-state index contributed by atoms with van der Waals surface area (Å²) in [5, 5.41) is 35.0. The van der Waals surface area contributed by atoms with Crippen molar-refractivity contribution in [1.82, 2.24) is 0 Å². The largest absolute Gasteiger partial charge is 0.504 e. The molecule has 0 heterocycles. The van der Waals surface area contributed by atoms with Gasteiger partial charge in [-0.05, 0) is 12.1 Å². The number of carbonyl (C=O) groups is 1. The Hall–Kier alpha value is -0.910. The summed E-state index contributed by atoms with van der Waals surface area (Å²) in [5.74, 6) is -3.33. The summed E-state index contributed by atoms with van der Waals surface area (Å²) >= 11 is 0. The second-order valence-electron chi connectivity index (χ2n) is 2.17. The Labute approximate surface area is 95.5 Å². The first-order chi connectivity index (χ1) is 5.52. The fourth-order valence-corrected chi connectivity index (χ4v) is 0.728. The van der Waals surface area contributed by atoms with Crippen molar-refractivity contribution in [1.29, 1.82) is 0 Å². The molecule has 0 unspecified atom stereocenters. The van der Waals surface area contributed by atoms with Gasteiger partial charge < -0.3 is 20.4 Å². The van der Waals surface area contributed by atoms with E-state index in [4.69, 9.17) is 20.4 Å². The van der Waals surface area contributed by atoms with Crippen LogP contribution in [-0.2, 0) is 0 Å². The van der Waals surface area contributed by atoms with Crippen LogP contribution in [0.25, 0.3) is 0 Å². The average molecular weight is 193 g/mol. The predicted octanol–water partition coefficient (Wildman–Crippen LogP) is 0.121. The molecule has 1 aromatic rings. The first-order valence-corrected chi connectivity index (χ1v) is 3.00. The van der Waals surface area contributed by atoms with Crippen LogP contribution in [0.15, 0.2) is 12.1 Å². The molecule has 6 heteroatoms. The van der Waals surface area contributed by atoms with Gasteiger partial charge in [-0.25, -0.2) is 4.79 Å². The molecule has 0 aliphatic carbocycles. The van der Waals surface area contributed by atoms with Gasteiger partial charge in [-0.2, -0.15) is 0 Å². The second-order valence-corrected chi connectivity index (χ2v) is 2.17. The number of aromatic hydroxyl groups is 3. The zero-order valence-corrected chi connectivity index (χ0v) is 8.85. The van der Waals surface area contributed by atoms with Gasteiger partial charge in [0.05, 0.1) is 5.56 Å². The standard InChI is InChI=1S/C7H6O5.Na/c8-4-1-3(7(11)12)2-5(9)6(4)10;/h1-2,8-10H,(H,11,12);. The third kappa shape index (κ3) is 2.51. The van der Waals surface area contributed by atoms with E-state index in [1.807, 2.05) is 0 Å². The van der Waals surface area contributed by atoms with Crippen LogP contribution in [-0.4, -0.2) is 56.0 Å². The van der Waals surface area contributed by atoms with E-state index < -0.39 is 23.2 Å². The molecule has 1 radical (unpaired) electrons. The molecule has 1 rings (SSSR count). The van der Waals surface area contributed by atoms with E-state index in [1.54, 1.807) is 0 Å². The van der Waals surface area contributed by atoms with E-state index in [1.165, 1.54) is 0 Å². The Morgan fingerprint density at radius 2 is 1.46 bits per heavy atom. The number of phenolic OH excluding ortho intramolecular Hbond substituents is 3. The summed E-state index contributed by atoms with van der Waals surface area (Å²) in [6.07, 6.45) is 0. The normalized spacial score (nSPS) is 8.92. The predicted molar refractivity (Wildman–Crippen MR) is 44.1 cm³/mol. The molecule has 0 bridgehead atoms. The van der Waals surface area contributed by atoms with E-state index in [2.05, 4.69) is 0 Å². The monoisotopic (exact) mass is 193 g/mol. The Bertz CT molecular complexity index is 313. The molecule has 0 atom stereocenters. The van der Waals surface area contributed by atoms with E-state index >= 15 is 0 Å². The van der Waals surface area contributed by atoms with Gasteiger partial charge in [0.2, 0.25) is 0 Å².